The van der Waals surface area contributed by atoms with E-state index in [2.05, 4.69) is 15.3 Å². The van der Waals surface area contributed by atoms with Gasteiger partial charge in [0.25, 0.3) is 0 Å². The van der Waals surface area contributed by atoms with Crippen LogP contribution >= 0.6 is 11.6 Å². The number of aromatic nitrogens is 2. The van der Waals surface area contributed by atoms with Gasteiger partial charge in [-0.2, -0.15) is 0 Å². The van der Waals surface area contributed by atoms with E-state index in [1.165, 1.54) is 12.4 Å². The lowest BCUT2D eigenvalue weighted by Gasteiger charge is -2.27. The molecule has 0 amide bonds. The van der Waals surface area contributed by atoms with Gasteiger partial charge in [0.05, 0.1) is 23.3 Å². The van der Waals surface area contributed by atoms with Crippen molar-refractivity contribution in [3.05, 3.63) is 17.4 Å². The quantitative estimate of drug-likeness (QED) is 0.856. The SMILES string of the molecule is O=C(O)C(CNc1ncc(Cl)cn1)C1CCOCC1. The summed E-state index contributed by atoms with van der Waals surface area (Å²) < 4.78 is 5.25. The minimum atomic E-state index is -0.798. The third kappa shape index (κ3) is 4.04. The third-order valence-electron chi connectivity index (χ3n) is 3.25. The first-order valence-corrected chi connectivity index (χ1v) is 6.56. The first kappa shape index (κ1) is 14.0. The Morgan fingerprint density at radius 2 is 2.11 bits per heavy atom. The fourth-order valence-electron chi connectivity index (χ4n) is 2.18. The number of nitrogens with one attached hydrogen (secondary N) is 1. The molecule has 1 aromatic rings. The Kier molecular flexibility index (Phi) is 4.93. The second-order valence-electron chi connectivity index (χ2n) is 4.50. The molecule has 19 heavy (non-hydrogen) atoms. The summed E-state index contributed by atoms with van der Waals surface area (Å²) in [5, 5.41) is 12.7. The number of nitrogens with zero attached hydrogens (tertiary/aromatic N) is 2. The summed E-state index contributed by atoms with van der Waals surface area (Å²) >= 11 is 5.69. The highest BCUT2D eigenvalue weighted by Gasteiger charge is 2.29. The van der Waals surface area contributed by atoms with E-state index in [1.54, 1.807) is 0 Å². The van der Waals surface area contributed by atoms with Gasteiger partial charge in [0.15, 0.2) is 0 Å². The molecule has 1 aliphatic rings. The Morgan fingerprint density at radius 3 is 2.68 bits per heavy atom. The van der Waals surface area contributed by atoms with Gasteiger partial charge in [-0.3, -0.25) is 4.79 Å². The van der Waals surface area contributed by atoms with Crippen molar-refractivity contribution < 1.29 is 14.6 Å². The molecule has 0 aromatic carbocycles. The number of hydrogen-bond acceptors (Lipinski definition) is 5. The minimum absolute atomic E-state index is 0.131. The standard InChI is InChI=1S/C12H16ClN3O3/c13-9-5-14-12(15-6-9)16-7-10(11(17)18)8-1-3-19-4-2-8/h5-6,8,10H,1-4,7H2,(H,17,18)(H,14,15,16). The van der Waals surface area contributed by atoms with Gasteiger partial charge in [-0.1, -0.05) is 11.6 Å². The summed E-state index contributed by atoms with van der Waals surface area (Å²) in [5.74, 6) is -0.731. The number of hydrogen-bond donors (Lipinski definition) is 2. The topological polar surface area (TPSA) is 84.3 Å². The second kappa shape index (κ2) is 6.68. The van der Waals surface area contributed by atoms with Crippen LogP contribution in [-0.4, -0.2) is 40.8 Å². The number of anilines is 1. The second-order valence-corrected chi connectivity index (χ2v) is 4.94. The van der Waals surface area contributed by atoms with Crippen LogP contribution in [0, 0.1) is 11.8 Å². The third-order valence-corrected chi connectivity index (χ3v) is 3.45. The van der Waals surface area contributed by atoms with E-state index >= 15 is 0 Å². The molecule has 6 nitrogen and oxygen atoms in total. The van der Waals surface area contributed by atoms with Crippen LogP contribution in [0.5, 0.6) is 0 Å². The smallest absolute Gasteiger partial charge is 0.308 e. The highest BCUT2D eigenvalue weighted by atomic mass is 35.5. The van der Waals surface area contributed by atoms with Crippen LogP contribution in [0.3, 0.4) is 0 Å². The summed E-state index contributed by atoms with van der Waals surface area (Å²) in [7, 11) is 0. The Bertz CT molecular complexity index is 421. The van der Waals surface area contributed by atoms with Crippen LogP contribution in [0.2, 0.25) is 5.02 Å². The average Bonchev–Trinajstić information content (AvgIpc) is 2.42. The number of carbonyl (C=O) groups is 1. The van der Waals surface area contributed by atoms with E-state index in [-0.39, 0.29) is 5.92 Å². The first-order valence-electron chi connectivity index (χ1n) is 6.19. The van der Waals surface area contributed by atoms with Crippen molar-refractivity contribution in [1.82, 2.24) is 9.97 Å². The molecule has 1 atom stereocenters. The van der Waals surface area contributed by atoms with Crippen LogP contribution in [0.15, 0.2) is 12.4 Å². The average molecular weight is 286 g/mol. The zero-order valence-corrected chi connectivity index (χ0v) is 11.1. The van der Waals surface area contributed by atoms with Crippen LogP contribution in [0.25, 0.3) is 0 Å². The highest BCUT2D eigenvalue weighted by Crippen LogP contribution is 2.24. The fraction of sp³-hybridized carbons (Fsp3) is 0.583. The summed E-state index contributed by atoms with van der Waals surface area (Å²) in [4.78, 5) is 19.3. The molecule has 104 valence electrons. The molecular weight excluding hydrogens is 270 g/mol. The maximum Gasteiger partial charge on any atom is 0.308 e. The number of aliphatic carboxylic acids is 1. The van der Waals surface area contributed by atoms with Gasteiger partial charge in [-0.15, -0.1) is 0 Å². The lowest BCUT2D eigenvalue weighted by molar-refractivity contribution is -0.144. The molecule has 0 aliphatic carbocycles. The maximum absolute atomic E-state index is 11.3. The molecule has 2 N–H and O–H groups in total. The number of carboxylic acids is 1. The maximum atomic E-state index is 11.3. The zero-order valence-electron chi connectivity index (χ0n) is 10.4. The molecule has 1 aromatic heterocycles. The van der Waals surface area contributed by atoms with E-state index in [0.29, 0.717) is 30.7 Å². The molecule has 0 radical (unpaired) electrons. The molecule has 0 saturated carbocycles. The van der Waals surface area contributed by atoms with Gasteiger partial charge in [0, 0.05) is 19.8 Å². The molecule has 0 bridgehead atoms. The molecule has 7 heteroatoms. The predicted octanol–water partition coefficient (Wildman–Crippen LogP) is 1.67. The van der Waals surface area contributed by atoms with Crippen molar-refractivity contribution in [2.45, 2.75) is 12.8 Å². The van der Waals surface area contributed by atoms with E-state index in [0.717, 1.165) is 12.8 Å². The summed E-state index contributed by atoms with van der Waals surface area (Å²) in [6.45, 7) is 1.57. The van der Waals surface area contributed by atoms with Crippen molar-refractivity contribution in [2.24, 2.45) is 11.8 Å². The van der Waals surface area contributed by atoms with Gasteiger partial charge in [0.1, 0.15) is 0 Å². The lowest BCUT2D eigenvalue weighted by Crippen LogP contribution is -2.34. The number of halogens is 1. The van der Waals surface area contributed by atoms with Crippen molar-refractivity contribution in [3.8, 4) is 0 Å². The van der Waals surface area contributed by atoms with Gasteiger partial charge in [-0.05, 0) is 18.8 Å². The Labute approximate surface area is 116 Å². The van der Waals surface area contributed by atoms with E-state index in [9.17, 15) is 9.90 Å². The monoisotopic (exact) mass is 285 g/mol. The van der Waals surface area contributed by atoms with E-state index in [1.807, 2.05) is 0 Å². The summed E-state index contributed by atoms with van der Waals surface area (Å²) in [6.07, 6.45) is 4.50. The molecule has 2 rings (SSSR count). The minimum Gasteiger partial charge on any atom is -0.481 e. The van der Waals surface area contributed by atoms with E-state index < -0.39 is 11.9 Å². The molecule has 1 saturated heterocycles. The molecule has 1 aliphatic heterocycles. The van der Waals surface area contributed by atoms with Crippen molar-refractivity contribution in [2.75, 3.05) is 25.1 Å². The number of rotatable bonds is 5. The van der Waals surface area contributed by atoms with Crippen LogP contribution in [0.1, 0.15) is 12.8 Å². The predicted molar refractivity (Wildman–Crippen MR) is 70.2 cm³/mol. The number of ether oxygens (including phenoxy) is 1. The molecule has 1 unspecified atom stereocenters. The molecule has 0 spiro atoms. The molecule has 2 heterocycles. The number of carboxylic acid groups (broad SMARTS) is 1. The van der Waals surface area contributed by atoms with Gasteiger partial charge >= 0.3 is 5.97 Å². The van der Waals surface area contributed by atoms with Gasteiger partial charge < -0.3 is 15.2 Å². The fourth-order valence-corrected chi connectivity index (χ4v) is 2.28. The van der Waals surface area contributed by atoms with Crippen molar-refractivity contribution in [3.63, 3.8) is 0 Å². The van der Waals surface area contributed by atoms with E-state index in [4.69, 9.17) is 16.3 Å². The molecular formula is C12H16ClN3O3. The van der Waals surface area contributed by atoms with Crippen LogP contribution in [-0.2, 0) is 9.53 Å². The Morgan fingerprint density at radius 1 is 1.47 bits per heavy atom. The lowest BCUT2D eigenvalue weighted by atomic mass is 9.86. The zero-order chi connectivity index (χ0) is 13.7. The summed E-state index contributed by atoms with van der Waals surface area (Å²) in [5.41, 5.74) is 0. The van der Waals surface area contributed by atoms with Gasteiger partial charge in [-0.25, -0.2) is 9.97 Å². The molecule has 1 fully saturated rings. The Hall–Kier alpha value is -1.40. The Balaban J connectivity index is 1.93. The normalized spacial score (nSPS) is 17.9. The van der Waals surface area contributed by atoms with Crippen LogP contribution < -0.4 is 5.32 Å². The highest BCUT2D eigenvalue weighted by molar-refractivity contribution is 6.30. The largest absolute Gasteiger partial charge is 0.481 e. The first-order chi connectivity index (χ1) is 9.16. The van der Waals surface area contributed by atoms with Crippen LogP contribution in [0.4, 0.5) is 5.95 Å². The van der Waals surface area contributed by atoms with Gasteiger partial charge in [0.2, 0.25) is 5.95 Å². The van der Waals surface area contributed by atoms with Crippen molar-refractivity contribution in [1.29, 1.82) is 0 Å². The van der Waals surface area contributed by atoms with Crippen molar-refractivity contribution >= 4 is 23.5 Å². The summed E-state index contributed by atoms with van der Waals surface area (Å²) in [6, 6.07) is 0.